The molecule has 0 spiro atoms. The van der Waals surface area contributed by atoms with E-state index in [2.05, 4.69) is 20.3 Å². The fourth-order valence-corrected chi connectivity index (χ4v) is 2.47. The van der Waals surface area contributed by atoms with Gasteiger partial charge in [-0.3, -0.25) is 4.57 Å². The van der Waals surface area contributed by atoms with Gasteiger partial charge in [0.1, 0.15) is 12.7 Å². The first-order valence-corrected chi connectivity index (χ1v) is 7.17. The SMILES string of the molecule is Cc1ccccc1-c1noc(-c2ccccc2-n2cnnc2)n1. The van der Waals surface area contributed by atoms with Gasteiger partial charge in [0.25, 0.3) is 5.89 Å². The Bertz CT molecular complexity index is 943. The van der Waals surface area contributed by atoms with Crippen LogP contribution in [0.5, 0.6) is 0 Å². The molecule has 0 saturated heterocycles. The second-order valence-electron chi connectivity index (χ2n) is 5.12. The number of rotatable bonds is 3. The molecule has 112 valence electrons. The quantitative estimate of drug-likeness (QED) is 0.581. The molecule has 0 fully saturated rings. The number of nitrogens with zero attached hydrogens (tertiary/aromatic N) is 5. The molecular formula is C17H13N5O. The van der Waals surface area contributed by atoms with E-state index in [9.17, 15) is 0 Å². The summed E-state index contributed by atoms with van der Waals surface area (Å²) in [5.41, 5.74) is 3.79. The largest absolute Gasteiger partial charge is 0.334 e. The maximum Gasteiger partial charge on any atom is 0.260 e. The topological polar surface area (TPSA) is 69.6 Å². The molecule has 0 aliphatic heterocycles. The maximum atomic E-state index is 5.48. The predicted octanol–water partition coefficient (Wildman–Crippen LogP) is 3.29. The van der Waals surface area contributed by atoms with Gasteiger partial charge in [0.2, 0.25) is 5.82 Å². The molecule has 0 N–H and O–H groups in total. The Hall–Kier alpha value is -3.28. The summed E-state index contributed by atoms with van der Waals surface area (Å²) in [6, 6.07) is 15.7. The van der Waals surface area contributed by atoms with E-state index in [-0.39, 0.29) is 0 Å². The lowest BCUT2D eigenvalue weighted by molar-refractivity contribution is 0.432. The summed E-state index contributed by atoms with van der Waals surface area (Å²) in [4.78, 5) is 4.55. The minimum absolute atomic E-state index is 0.465. The zero-order valence-electron chi connectivity index (χ0n) is 12.4. The van der Waals surface area contributed by atoms with E-state index in [4.69, 9.17) is 4.52 Å². The fraction of sp³-hybridized carbons (Fsp3) is 0.0588. The van der Waals surface area contributed by atoms with Gasteiger partial charge in [-0.1, -0.05) is 41.6 Å². The third-order valence-corrected chi connectivity index (χ3v) is 3.64. The van der Waals surface area contributed by atoms with E-state index >= 15 is 0 Å². The first-order chi connectivity index (χ1) is 11.3. The fourth-order valence-electron chi connectivity index (χ4n) is 2.47. The number of aromatic nitrogens is 5. The Morgan fingerprint density at radius 3 is 2.35 bits per heavy atom. The van der Waals surface area contributed by atoms with E-state index in [1.54, 1.807) is 12.7 Å². The van der Waals surface area contributed by atoms with Crippen LogP contribution in [-0.4, -0.2) is 24.9 Å². The van der Waals surface area contributed by atoms with Gasteiger partial charge in [-0.15, -0.1) is 10.2 Å². The predicted molar refractivity (Wildman–Crippen MR) is 84.8 cm³/mol. The highest BCUT2D eigenvalue weighted by Crippen LogP contribution is 2.28. The van der Waals surface area contributed by atoms with Gasteiger partial charge in [0.15, 0.2) is 0 Å². The monoisotopic (exact) mass is 303 g/mol. The molecule has 0 unspecified atom stereocenters. The van der Waals surface area contributed by atoms with Crippen LogP contribution in [0.1, 0.15) is 5.56 Å². The Kier molecular flexibility index (Phi) is 3.20. The van der Waals surface area contributed by atoms with Crippen LogP contribution in [0.3, 0.4) is 0 Å². The van der Waals surface area contributed by atoms with Gasteiger partial charge >= 0.3 is 0 Å². The Balaban J connectivity index is 1.81. The molecule has 0 aliphatic rings. The molecule has 2 aromatic carbocycles. The third-order valence-electron chi connectivity index (χ3n) is 3.64. The lowest BCUT2D eigenvalue weighted by atomic mass is 10.1. The number of hydrogen-bond acceptors (Lipinski definition) is 5. The summed E-state index contributed by atoms with van der Waals surface area (Å²) in [5.74, 6) is 1.05. The highest BCUT2D eigenvalue weighted by molar-refractivity contribution is 5.68. The van der Waals surface area contributed by atoms with E-state index in [1.165, 1.54) is 0 Å². The van der Waals surface area contributed by atoms with Gasteiger partial charge in [-0.05, 0) is 24.6 Å². The van der Waals surface area contributed by atoms with E-state index in [0.29, 0.717) is 11.7 Å². The molecule has 2 aromatic heterocycles. The van der Waals surface area contributed by atoms with Crippen LogP contribution in [0.2, 0.25) is 0 Å². The maximum absolute atomic E-state index is 5.48. The summed E-state index contributed by atoms with van der Waals surface area (Å²) in [6.07, 6.45) is 3.27. The summed E-state index contributed by atoms with van der Waals surface area (Å²) in [6.45, 7) is 2.02. The van der Waals surface area contributed by atoms with E-state index < -0.39 is 0 Å². The van der Waals surface area contributed by atoms with Gasteiger partial charge < -0.3 is 4.52 Å². The van der Waals surface area contributed by atoms with Gasteiger partial charge in [0, 0.05) is 5.56 Å². The minimum Gasteiger partial charge on any atom is -0.334 e. The van der Waals surface area contributed by atoms with Gasteiger partial charge in [0.05, 0.1) is 11.3 Å². The molecule has 6 nitrogen and oxygen atoms in total. The van der Waals surface area contributed by atoms with Crippen LogP contribution >= 0.6 is 0 Å². The zero-order chi connectivity index (χ0) is 15.6. The van der Waals surface area contributed by atoms with Gasteiger partial charge in [-0.2, -0.15) is 4.98 Å². The molecule has 2 heterocycles. The van der Waals surface area contributed by atoms with E-state index in [1.807, 2.05) is 60.0 Å². The van der Waals surface area contributed by atoms with Crippen LogP contribution in [0.15, 0.2) is 65.7 Å². The molecule has 4 rings (SSSR count). The zero-order valence-corrected chi connectivity index (χ0v) is 12.4. The molecule has 23 heavy (non-hydrogen) atoms. The summed E-state index contributed by atoms with van der Waals surface area (Å²) in [5, 5.41) is 11.8. The number of hydrogen-bond donors (Lipinski definition) is 0. The van der Waals surface area contributed by atoms with Gasteiger partial charge in [-0.25, -0.2) is 0 Å². The molecule has 0 saturated carbocycles. The smallest absolute Gasteiger partial charge is 0.260 e. The second-order valence-corrected chi connectivity index (χ2v) is 5.12. The number of aryl methyl sites for hydroxylation is 1. The molecule has 0 atom stereocenters. The molecule has 4 aromatic rings. The van der Waals surface area contributed by atoms with Crippen molar-refractivity contribution in [1.82, 2.24) is 24.9 Å². The van der Waals surface area contributed by atoms with Crippen molar-refractivity contribution in [2.45, 2.75) is 6.92 Å². The van der Waals surface area contributed by atoms with Crippen molar-refractivity contribution in [3.05, 3.63) is 66.7 Å². The van der Waals surface area contributed by atoms with Crippen molar-refractivity contribution in [2.75, 3.05) is 0 Å². The lowest BCUT2D eigenvalue weighted by Gasteiger charge is -2.05. The minimum atomic E-state index is 0.465. The van der Waals surface area contributed by atoms with Crippen molar-refractivity contribution >= 4 is 0 Å². The number of para-hydroxylation sites is 1. The van der Waals surface area contributed by atoms with Crippen molar-refractivity contribution in [3.63, 3.8) is 0 Å². The van der Waals surface area contributed by atoms with Crippen LogP contribution in [0, 0.1) is 6.92 Å². The van der Waals surface area contributed by atoms with Crippen LogP contribution in [0.25, 0.3) is 28.5 Å². The highest BCUT2D eigenvalue weighted by Gasteiger charge is 2.15. The van der Waals surface area contributed by atoms with E-state index in [0.717, 1.165) is 22.4 Å². The van der Waals surface area contributed by atoms with Crippen LogP contribution in [0.4, 0.5) is 0 Å². The molecule has 0 amide bonds. The summed E-state index contributed by atoms with van der Waals surface area (Å²) >= 11 is 0. The van der Waals surface area contributed by atoms with Crippen molar-refractivity contribution in [2.24, 2.45) is 0 Å². The molecule has 0 bridgehead atoms. The standard InChI is InChI=1S/C17H13N5O/c1-12-6-2-3-7-13(12)16-20-17(23-21-16)14-8-4-5-9-15(14)22-10-18-19-11-22/h2-11H,1H3. The molecule has 6 heteroatoms. The first kappa shape index (κ1) is 13.4. The molecule has 0 aliphatic carbocycles. The first-order valence-electron chi connectivity index (χ1n) is 7.17. The molecule has 0 radical (unpaired) electrons. The third kappa shape index (κ3) is 2.40. The van der Waals surface area contributed by atoms with Crippen LogP contribution < -0.4 is 0 Å². The summed E-state index contributed by atoms with van der Waals surface area (Å²) < 4.78 is 7.30. The highest BCUT2D eigenvalue weighted by atomic mass is 16.5. The average Bonchev–Trinajstić information content (AvgIpc) is 3.27. The number of benzene rings is 2. The van der Waals surface area contributed by atoms with Crippen molar-refractivity contribution in [1.29, 1.82) is 0 Å². The Morgan fingerprint density at radius 2 is 1.57 bits per heavy atom. The van der Waals surface area contributed by atoms with Crippen molar-refractivity contribution < 1.29 is 4.52 Å². The second kappa shape index (κ2) is 5.49. The normalized spacial score (nSPS) is 10.8. The average molecular weight is 303 g/mol. The Labute approximate surface area is 132 Å². The summed E-state index contributed by atoms with van der Waals surface area (Å²) in [7, 11) is 0. The molecular weight excluding hydrogens is 290 g/mol. The van der Waals surface area contributed by atoms with Crippen molar-refractivity contribution in [3.8, 4) is 28.5 Å². The lowest BCUT2D eigenvalue weighted by Crippen LogP contribution is -1.94. The Morgan fingerprint density at radius 1 is 0.870 bits per heavy atom. The van der Waals surface area contributed by atoms with Crippen LogP contribution in [-0.2, 0) is 0 Å².